The molecule has 0 saturated carbocycles. The van der Waals surface area contributed by atoms with Crippen LogP contribution in [0.2, 0.25) is 5.02 Å². The van der Waals surface area contributed by atoms with Gasteiger partial charge in [0.15, 0.2) is 0 Å². The molecular formula is C17H15ClFN5O2. The highest BCUT2D eigenvalue weighted by atomic mass is 35.5. The van der Waals surface area contributed by atoms with Crippen molar-refractivity contribution in [2.45, 2.75) is 6.54 Å². The average Bonchev–Trinajstić information content (AvgIpc) is 2.96. The highest BCUT2D eigenvalue weighted by molar-refractivity contribution is 6.31. The van der Waals surface area contributed by atoms with Gasteiger partial charge >= 0.3 is 6.03 Å². The Morgan fingerprint density at radius 3 is 2.73 bits per heavy atom. The van der Waals surface area contributed by atoms with Crippen molar-refractivity contribution in [1.29, 1.82) is 0 Å². The van der Waals surface area contributed by atoms with Gasteiger partial charge in [0.1, 0.15) is 11.5 Å². The molecular weight excluding hydrogens is 361 g/mol. The number of hydrogen-bond acceptors (Lipinski definition) is 3. The number of primary amides is 1. The number of hydrogen-bond donors (Lipinski definition) is 3. The maximum absolute atomic E-state index is 13.1. The number of carbonyl (C=O) groups is 2. The summed E-state index contributed by atoms with van der Waals surface area (Å²) in [6, 6.07) is 10.5. The molecule has 0 bridgehead atoms. The van der Waals surface area contributed by atoms with Gasteiger partial charge in [-0.15, -0.1) is 0 Å². The van der Waals surface area contributed by atoms with Crippen LogP contribution in [0.3, 0.4) is 0 Å². The van der Waals surface area contributed by atoms with E-state index in [-0.39, 0.29) is 23.8 Å². The summed E-state index contributed by atoms with van der Waals surface area (Å²) >= 11 is 5.67. The number of urea groups is 1. The van der Waals surface area contributed by atoms with Gasteiger partial charge in [-0.05, 0) is 24.3 Å². The Morgan fingerprint density at radius 1 is 1.23 bits per heavy atom. The third-order valence-electron chi connectivity index (χ3n) is 3.67. The molecule has 1 aromatic heterocycles. The predicted octanol–water partition coefficient (Wildman–Crippen LogP) is 2.75. The maximum atomic E-state index is 13.1. The van der Waals surface area contributed by atoms with Crippen molar-refractivity contribution in [2.24, 2.45) is 5.73 Å². The standard InChI is InChI=1S/C17H15ClFN5O2/c18-12-9-10(5-6-13(12)19)22-17(26)21-7-8-24-15(16(20)25)11-3-1-2-4-14(11)23-24/h1-6,9H,7-8H2,(H2,20,25)(H2,21,22,26). The highest BCUT2D eigenvalue weighted by Gasteiger charge is 2.15. The molecule has 0 radical (unpaired) electrons. The minimum absolute atomic E-state index is 0.0860. The van der Waals surface area contributed by atoms with Crippen LogP contribution in [0.4, 0.5) is 14.9 Å². The third kappa shape index (κ3) is 3.75. The number of nitrogens with zero attached hydrogens (tertiary/aromatic N) is 2. The van der Waals surface area contributed by atoms with Crippen LogP contribution in [0.25, 0.3) is 10.9 Å². The Hall–Kier alpha value is -3.13. The average molecular weight is 376 g/mol. The zero-order valence-electron chi connectivity index (χ0n) is 13.5. The van der Waals surface area contributed by atoms with Crippen LogP contribution in [-0.4, -0.2) is 28.3 Å². The lowest BCUT2D eigenvalue weighted by Gasteiger charge is -2.09. The fraction of sp³-hybridized carbons (Fsp3) is 0.118. The first-order valence-corrected chi connectivity index (χ1v) is 8.09. The van der Waals surface area contributed by atoms with Gasteiger partial charge in [-0.1, -0.05) is 29.8 Å². The zero-order chi connectivity index (χ0) is 18.7. The number of fused-ring (bicyclic) bond motifs is 1. The molecule has 0 aliphatic heterocycles. The molecule has 0 saturated heterocycles. The summed E-state index contributed by atoms with van der Waals surface area (Å²) in [7, 11) is 0. The van der Waals surface area contributed by atoms with Crippen LogP contribution in [0.1, 0.15) is 10.5 Å². The molecule has 4 N–H and O–H groups in total. The SMILES string of the molecule is NC(=O)c1c2ccccc2nn1CCNC(=O)Nc1ccc(F)c(Cl)c1. The Labute approximate surface area is 152 Å². The first-order chi connectivity index (χ1) is 12.5. The van der Waals surface area contributed by atoms with E-state index in [1.54, 1.807) is 18.2 Å². The maximum Gasteiger partial charge on any atom is 0.319 e. The van der Waals surface area contributed by atoms with Gasteiger partial charge in [0.2, 0.25) is 0 Å². The van der Waals surface area contributed by atoms with E-state index in [0.717, 1.165) is 6.07 Å². The van der Waals surface area contributed by atoms with Crippen LogP contribution in [0, 0.1) is 5.82 Å². The number of rotatable bonds is 5. The van der Waals surface area contributed by atoms with E-state index in [1.807, 2.05) is 6.07 Å². The lowest BCUT2D eigenvalue weighted by Crippen LogP contribution is -2.32. The molecule has 7 nitrogen and oxygen atoms in total. The Kier molecular flexibility index (Phi) is 5.04. The molecule has 0 atom stereocenters. The Morgan fingerprint density at radius 2 is 2.00 bits per heavy atom. The van der Waals surface area contributed by atoms with Crippen molar-refractivity contribution in [2.75, 3.05) is 11.9 Å². The molecule has 9 heteroatoms. The fourth-order valence-electron chi connectivity index (χ4n) is 2.53. The lowest BCUT2D eigenvalue weighted by atomic mass is 10.2. The summed E-state index contributed by atoms with van der Waals surface area (Å²) in [6.45, 7) is 0.458. The third-order valence-corrected chi connectivity index (χ3v) is 3.96. The summed E-state index contributed by atoms with van der Waals surface area (Å²) in [6.07, 6.45) is 0. The van der Waals surface area contributed by atoms with Crippen molar-refractivity contribution in [1.82, 2.24) is 15.1 Å². The smallest absolute Gasteiger partial charge is 0.319 e. The minimum atomic E-state index is -0.593. The second-order valence-corrected chi connectivity index (χ2v) is 5.87. The van der Waals surface area contributed by atoms with Crippen molar-refractivity contribution >= 4 is 40.1 Å². The molecule has 26 heavy (non-hydrogen) atoms. The second kappa shape index (κ2) is 7.40. The molecule has 1 heterocycles. The lowest BCUT2D eigenvalue weighted by molar-refractivity contribution is 0.0991. The van der Waals surface area contributed by atoms with Crippen LogP contribution in [-0.2, 0) is 6.54 Å². The van der Waals surface area contributed by atoms with Crippen LogP contribution in [0.15, 0.2) is 42.5 Å². The van der Waals surface area contributed by atoms with Crippen LogP contribution < -0.4 is 16.4 Å². The summed E-state index contributed by atoms with van der Waals surface area (Å²) < 4.78 is 14.6. The summed E-state index contributed by atoms with van der Waals surface area (Å²) in [5, 5.41) is 10.1. The summed E-state index contributed by atoms with van der Waals surface area (Å²) in [5.74, 6) is -1.16. The second-order valence-electron chi connectivity index (χ2n) is 5.46. The topological polar surface area (TPSA) is 102 Å². The van der Waals surface area contributed by atoms with Gasteiger partial charge in [-0.3, -0.25) is 9.48 Å². The number of aromatic nitrogens is 2. The quantitative estimate of drug-likeness (QED) is 0.639. The van der Waals surface area contributed by atoms with E-state index in [9.17, 15) is 14.0 Å². The number of nitrogens with one attached hydrogen (secondary N) is 2. The van der Waals surface area contributed by atoms with E-state index in [0.29, 0.717) is 16.6 Å². The van der Waals surface area contributed by atoms with E-state index in [4.69, 9.17) is 17.3 Å². The van der Waals surface area contributed by atoms with Crippen LogP contribution >= 0.6 is 11.6 Å². The molecule has 0 aliphatic carbocycles. The number of halogens is 2. The number of anilines is 1. The van der Waals surface area contributed by atoms with Gasteiger partial charge in [0, 0.05) is 17.6 Å². The molecule has 3 aromatic rings. The zero-order valence-corrected chi connectivity index (χ0v) is 14.3. The molecule has 0 spiro atoms. The van der Waals surface area contributed by atoms with Gasteiger partial charge in [-0.2, -0.15) is 5.10 Å². The van der Waals surface area contributed by atoms with Gasteiger partial charge in [-0.25, -0.2) is 9.18 Å². The molecule has 0 aliphatic rings. The normalized spacial score (nSPS) is 10.7. The highest BCUT2D eigenvalue weighted by Crippen LogP contribution is 2.19. The molecule has 2 aromatic carbocycles. The van der Waals surface area contributed by atoms with E-state index >= 15 is 0 Å². The van der Waals surface area contributed by atoms with Crippen molar-refractivity contribution < 1.29 is 14.0 Å². The van der Waals surface area contributed by atoms with Crippen molar-refractivity contribution in [3.05, 3.63) is 59.0 Å². The molecule has 3 rings (SSSR count). The Balaban J connectivity index is 1.63. The van der Waals surface area contributed by atoms with Crippen molar-refractivity contribution in [3.8, 4) is 0 Å². The summed E-state index contributed by atoms with van der Waals surface area (Å²) in [5.41, 5.74) is 6.73. The van der Waals surface area contributed by atoms with E-state index < -0.39 is 17.8 Å². The number of benzene rings is 2. The van der Waals surface area contributed by atoms with E-state index in [1.165, 1.54) is 16.8 Å². The number of carbonyl (C=O) groups excluding carboxylic acids is 2. The van der Waals surface area contributed by atoms with Gasteiger partial charge in [0.05, 0.1) is 17.1 Å². The monoisotopic (exact) mass is 375 g/mol. The van der Waals surface area contributed by atoms with Gasteiger partial charge < -0.3 is 16.4 Å². The number of nitrogens with two attached hydrogens (primary N) is 1. The minimum Gasteiger partial charge on any atom is -0.364 e. The first kappa shape index (κ1) is 17.7. The Bertz CT molecular complexity index is 988. The van der Waals surface area contributed by atoms with Crippen LogP contribution in [0.5, 0.6) is 0 Å². The number of amides is 3. The molecule has 0 unspecified atom stereocenters. The summed E-state index contributed by atoms with van der Waals surface area (Å²) in [4.78, 5) is 23.6. The first-order valence-electron chi connectivity index (χ1n) is 7.71. The molecule has 0 fully saturated rings. The predicted molar refractivity (Wildman–Crippen MR) is 96.7 cm³/mol. The fourth-order valence-corrected chi connectivity index (χ4v) is 2.71. The molecule has 134 valence electrons. The largest absolute Gasteiger partial charge is 0.364 e. The van der Waals surface area contributed by atoms with Gasteiger partial charge in [0.25, 0.3) is 5.91 Å². The van der Waals surface area contributed by atoms with E-state index in [2.05, 4.69) is 15.7 Å². The molecule has 3 amide bonds. The van der Waals surface area contributed by atoms with Crippen molar-refractivity contribution in [3.63, 3.8) is 0 Å².